The van der Waals surface area contributed by atoms with Gasteiger partial charge in [-0.05, 0) is 52.4 Å². The van der Waals surface area contributed by atoms with Gasteiger partial charge in [0.05, 0.1) is 12.3 Å². The number of hydrogen-bond acceptors (Lipinski definition) is 4. The van der Waals surface area contributed by atoms with Crippen LogP contribution in [0.4, 0.5) is 0 Å². The van der Waals surface area contributed by atoms with E-state index in [1.54, 1.807) is 6.26 Å². The molecule has 112 valence electrons. The van der Waals surface area contributed by atoms with Crippen LogP contribution in [-0.4, -0.2) is 55.1 Å². The Hall–Kier alpha value is -0.840. The van der Waals surface area contributed by atoms with Gasteiger partial charge in [-0.2, -0.15) is 0 Å². The summed E-state index contributed by atoms with van der Waals surface area (Å²) in [5, 5.41) is 3.75. The zero-order valence-electron chi connectivity index (χ0n) is 12.9. The number of hydrogen-bond donors (Lipinski definition) is 1. The summed E-state index contributed by atoms with van der Waals surface area (Å²) in [6.07, 6.45) is 5.85. The van der Waals surface area contributed by atoms with Crippen molar-refractivity contribution < 1.29 is 4.42 Å². The Morgan fingerprint density at radius 1 is 1.45 bits per heavy atom. The number of likely N-dealkylation sites (tertiary alicyclic amines) is 1. The number of likely N-dealkylation sites (N-methyl/N-ethyl adjacent to an activating group) is 1. The molecule has 4 nitrogen and oxygen atoms in total. The van der Waals surface area contributed by atoms with Crippen LogP contribution in [0, 0.1) is 0 Å². The average Bonchev–Trinajstić information content (AvgIpc) is 2.96. The first-order valence-electron chi connectivity index (χ1n) is 7.84. The highest BCUT2D eigenvalue weighted by molar-refractivity contribution is 5.05. The summed E-state index contributed by atoms with van der Waals surface area (Å²) in [7, 11) is 4.23. The predicted octanol–water partition coefficient (Wildman–Crippen LogP) is 2.10. The van der Waals surface area contributed by atoms with Crippen molar-refractivity contribution in [3.8, 4) is 0 Å². The SMILES string of the molecule is CC1CC(NCC(c2ccco2)N(C)C)CN1C1CC1. The molecular formula is C16H27N3O. The first-order valence-corrected chi connectivity index (χ1v) is 7.84. The van der Waals surface area contributed by atoms with Crippen molar-refractivity contribution in [3.63, 3.8) is 0 Å². The zero-order chi connectivity index (χ0) is 14.1. The normalized spacial score (nSPS) is 29.2. The Kier molecular flexibility index (Phi) is 4.15. The lowest BCUT2D eigenvalue weighted by Gasteiger charge is -2.24. The molecule has 3 atom stereocenters. The number of furan rings is 1. The predicted molar refractivity (Wildman–Crippen MR) is 80.7 cm³/mol. The van der Waals surface area contributed by atoms with E-state index in [1.165, 1.54) is 25.8 Å². The smallest absolute Gasteiger partial charge is 0.122 e. The van der Waals surface area contributed by atoms with Crippen molar-refractivity contribution in [2.75, 3.05) is 27.2 Å². The second kappa shape index (κ2) is 5.88. The van der Waals surface area contributed by atoms with E-state index in [0.717, 1.165) is 24.4 Å². The molecule has 1 saturated heterocycles. The summed E-state index contributed by atoms with van der Waals surface area (Å²) < 4.78 is 5.57. The lowest BCUT2D eigenvalue weighted by Crippen LogP contribution is -2.39. The molecule has 4 heteroatoms. The van der Waals surface area contributed by atoms with Gasteiger partial charge in [-0.25, -0.2) is 0 Å². The summed E-state index contributed by atoms with van der Waals surface area (Å²) >= 11 is 0. The third-order valence-electron chi connectivity index (χ3n) is 4.73. The highest BCUT2D eigenvalue weighted by Gasteiger charge is 2.38. The van der Waals surface area contributed by atoms with E-state index in [4.69, 9.17) is 4.42 Å². The van der Waals surface area contributed by atoms with Crippen LogP contribution >= 0.6 is 0 Å². The van der Waals surface area contributed by atoms with Gasteiger partial charge in [0.2, 0.25) is 0 Å². The quantitative estimate of drug-likeness (QED) is 0.863. The Morgan fingerprint density at radius 3 is 2.85 bits per heavy atom. The average molecular weight is 277 g/mol. The van der Waals surface area contributed by atoms with Gasteiger partial charge >= 0.3 is 0 Å². The fourth-order valence-corrected chi connectivity index (χ4v) is 3.42. The van der Waals surface area contributed by atoms with E-state index < -0.39 is 0 Å². The molecular weight excluding hydrogens is 250 g/mol. The molecule has 0 amide bonds. The van der Waals surface area contributed by atoms with E-state index in [-0.39, 0.29) is 0 Å². The Morgan fingerprint density at radius 2 is 2.25 bits per heavy atom. The van der Waals surface area contributed by atoms with Crippen LogP contribution in [-0.2, 0) is 0 Å². The Bertz CT molecular complexity index is 413. The van der Waals surface area contributed by atoms with Crippen molar-refractivity contribution in [2.24, 2.45) is 0 Å². The fraction of sp³-hybridized carbons (Fsp3) is 0.750. The first kappa shape index (κ1) is 14.1. The van der Waals surface area contributed by atoms with Crippen molar-refractivity contribution in [1.29, 1.82) is 0 Å². The van der Waals surface area contributed by atoms with Gasteiger partial charge in [0.15, 0.2) is 0 Å². The monoisotopic (exact) mass is 277 g/mol. The van der Waals surface area contributed by atoms with E-state index >= 15 is 0 Å². The molecule has 0 bridgehead atoms. The second-order valence-electron chi connectivity index (χ2n) is 6.61. The minimum absolute atomic E-state index is 0.315. The third-order valence-corrected chi connectivity index (χ3v) is 4.73. The largest absolute Gasteiger partial charge is 0.468 e. The highest BCUT2D eigenvalue weighted by atomic mass is 16.3. The van der Waals surface area contributed by atoms with Crippen LogP contribution in [0.5, 0.6) is 0 Å². The van der Waals surface area contributed by atoms with E-state index in [2.05, 4.69) is 42.2 Å². The number of nitrogens with zero attached hydrogens (tertiary/aromatic N) is 2. The van der Waals surface area contributed by atoms with E-state index in [9.17, 15) is 0 Å². The number of nitrogens with one attached hydrogen (secondary N) is 1. The molecule has 1 saturated carbocycles. The molecule has 20 heavy (non-hydrogen) atoms. The van der Waals surface area contributed by atoms with Crippen LogP contribution in [0.25, 0.3) is 0 Å². The molecule has 1 aliphatic carbocycles. The van der Waals surface area contributed by atoms with Crippen LogP contribution in [0.2, 0.25) is 0 Å². The van der Waals surface area contributed by atoms with Crippen molar-refractivity contribution in [2.45, 2.75) is 50.4 Å². The van der Waals surface area contributed by atoms with Crippen LogP contribution in [0.3, 0.4) is 0 Å². The molecule has 1 aromatic rings. The molecule has 2 fully saturated rings. The maximum Gasteiger partial charge on any atom is 0.122 e. The lowest BCUT2D eigenvalue weighted by atomic mass is 10.1. The summed E-state index contributed by atoms with van der Waals surface area (Å²) in [4.78, 5) is 4.91. The molecule has 0 aromatic carbocycles. The molecule has 2 aliphatic rings. The zero-order valence-corrected chi connectivity index (χ0v) is 12.9. The molecule has 2 heterocycles. The molecule has 0 radical (unpaired) electrons. The van der Waals surface area contributed by atoms with Crippen LogP contribution in [0.1, 0.15) is 38.0 Å². The maximum atomic E-state index is 5.57. The van der Waals surface area contributed by atoms with E-state index in [0.29, 0.717) is 12.1 Å². The standard InChI is InChI=1S/C16H27N3O/c1-12-9-13(11-19(12)14-6-7-14)17-10-15(18(2)3)16-5-4-8-20-16/h4-5,8,12-15,17H,6-7,9-11H2,1-3H3. The van der Waals surface area contributed by atoms with E-state index in [1.807, 2.05) is 6.07 Å². The summed E-state index contributed by atoms with van der Waals surface area (Å²) in [6, 6.07) is 6.60. The molecule has 3 unspecified atom stereocenters. The molecule has 1 aromatic heterocycles. The lowest BCUT2D eigenvalue weighted by molar-refractivity contribution is 0.237. The van der Waals surface area contributed by atoms with Gasteiger partial charge in [0.25, 0.3) is 0 Å². The topological polar surface area (TPSA) is 31.7 Å². The Labute approximate surface area is 122 Å². The van der Waals surface area contributed by atoms with Crippen LogP contribution < -0.4 is 5.32 Å². The minimum Gasteiger partial charge on any atom is -0.468 e. The Balaban J connectivity index is 1.53. The highest BCUT2D eigenvalue weighted by Crippen LogP contribution is 2.33. The number of rotatable bonds is 6. The second-order valence-corrected chi connectivity index (χ2v) is 6.61. The van der Waals surface area contributed by atoms with Crippen molar-refractivity contribution in [3.05, 3.63) is 24.2 Å². The molecule has 1 aliphatic heterocycles. The maximum absolute atomic E-state index is 5.57. The molecule has 0 spiro atoms. The van der Waals surface area contributed by atoms with Crippen molar-refractivity contribution >= 4 is 0 Å². The first-order chi connectivity index (χ1) is 9.65. The van der Waals surface area contributed by atoms with Crippen LogP contribution in [0.15, 0.2) is 22.8 Å². The molecule has 3 rings (SSSR count). The summed E-state index contributed by atoms with van der Waals surface area (Å²) in [6.45, 7) is 4.54. The van der Waals surface area contributed by atoms with Gasteiger partial charge in [-0.3, -0.25) is 9.80 Å². The molecule has 1 N–H and O–H groups in total. The third kappa shape index (κ3) is 3.08. The fourth-order valence-electron chi connectivity index (χ4n) is 3.42. The van der Waals surface area contributed by atoms with Gasteiger partial charge in [0.1, 0.15) is 5.76 Å². The van der Waals surface area contributed by atoms with Gasteiger partial charge in [-0.1, -0.05) is 0 Å². The van der Waals surface area contributed by atoms with Crippen molar-refractivity contribution in [1.82, 2.24) is 15.1 Å². The summed E-state index contributed by atoms with van der Waals surface area (Å²) in [5.74, 6) is 1.05. The van der Waals surface area contributed by atoms with Gasteiger partial charge < -0.3 is 9.73 Å². The summed E-state index contributed by atoms with van der Waals surface area (Å²) in [5.41, 5.74) is 0. The van der Waals surface area contributed by atoms with Gasteiger partial charge in [0, 0.05) is 31.2 Å². The minimum atomic E-state index is 0.315. The van der Waals surface area contributed by atoms with Gasteiger partial charge in [-0.15, -0.1) is 0 Å².